The maximum atomic E-state index is 12.5. The summed E-state index contributed by atoms with van der Waals surface area (Å²) in [7, 11) is 0. The Bertz CT molecular complexity index is 761. The topological polar surface area (TPSA) is 77.5 Å². The minimum atomic E-state index is -0.341. The number of benzene rings is 1. The first-order valence-corrected chi connectivity index (χ1v) is 9.44. The van der Waals surface area contributed by atoms with Crippen LogP contribution in [0.4, 0.5) is 5.13 Å². The Morgan fingerprint density at radius 3 is 2.80 bits per heavy atom. The molecular weight excluding hydrogens is 408 g/mol. The van der Waals surface area contributed by atoms with Crippen molar-refractivity contribution in [2.75, 3.05) is 11.9 Å². The van der Waals surface area contributed by atoms with Gasteiger partial charge in [0, 0.05) is 9.85 Å². The van der Waals surface area contributed by atoms with Crippen LogP contribution in [0.15, 0.2) is 28.1 Å². The SMILES string of the molecule is CCOC(=O)Cc1csc(NC(=O)c2ccc(Br)cc2OC(C)C)n1. The molecule has 0 atom stereocenters. The number of rotatable bonds is 7. The van der Waals surface area contributed by atoms with Crippen molar-refractivity contribution in [3.8, 4) is 5.75 Å². The molecule has 6 nitrogen and oxygen atoms in total. The monoisotopic (exact) mass is 426 g/mol. The second kappa shape index (κ2) is 8.96. The van der Waals surface area contributed by atoms with Crippen molar-refractivity contribution in [3.05, 3.63) is 39.3 Å². The van der Waals surface area contributed by atoms with Crippen molar-refractivity contribution in [2.24, 2.45) is 0 Å². The highest BCUT2D eigenvalue weighted by Gasteiger charge is 2.16. The van der Waals surface area contributed by atoms with E-state index in [0.29, 0.717) is 28.7 Å². The molecule has 0 aliphatic rings. The summed E-state index contributed by atoms with van der Waals surface area (Å²) in [5.41, 5.74) is 0.979. The third-order valence-corrected chi connectivity index (χ3v) is 4.25. The number of aromatic nitrogens is 1. The van der Waals surface area contributed by atoms with Gasteiger partial charge in [0.25, 0.3) is 5.91 Å². The Kier molecular flexibility index (Phi) is 6.95. The van der Waals surface area contributed by atoms with E-state index in [1.165, 1.54) is 11.3 Å². The van der Waals surface area contributed by atoms with E-state index in [2.05, 4.69) is 26.2 Å². The number of hydrogen-bond donors (Lipinski definition) is 1. The molecule has 0 aliphatic heterocycles. The molecule has 0 saturated carbocycles. The van der Waals surface area contributed by atoms with Gasteiger partial charge in [0.05, 0.1) is 30.4 Å². The van der Waals surface area contributed by atoms with E-state index in [1.807, 2.05) is 13.8 Å². The molecule has 0 fully saturated rings. The van der Waals surface area contributed by atoms with Gasteiger partial charge in [-0.1, -0.05) is 15.9 Å². The number of amides is 1. The second-order valence-corrected chi connectivity index (χ2v) is 7.16. The number of hydrogen-bond acceptors (Lipinski definition) is 6. The molecule has 8 heteroatoms. The summed E-state index contributed by atoms with van der Waals surface area (Å²) in [4.78, 5) is 28.3. The average molecular weight is 427 g/mol. The van der Waals surface area contributed by atoms with Gasteiger partial charge < -0.3 is 9.47 Å². The standard InChI is InChI=1S/C17H19BrN2O4S/c1-4-23-15(21)8-12-9-25-17(19-12)20-16(22)13-6-5-11(18)7-14(13)24-10(2)3/h5-7,9-10H,4,8H2,1-3H3,(H,19,20,22). The molecule has 1 aromatic heterocycles. The van der Waals surface area contributed by atoms with Gasteiger partial charge in [-0.05, 0) is 39.0 Å². The zero-order chi connectivity index (χ0) is 18.4. The summed E-state index contributed by atoms with van der Waals surface area (Å²) in [5, 5.41) is 4.88. The summed E-state index contributed by atoms with van der Waals surface area (Å²) in [6, 6.07) is 5.21. The molecular formula is C17H19BrN2O4S. The summed E-state index contributed by atoms with van der Waals surface area (Å²) in [5.74, 6) is -0.170. The second-order valence-electron chi connectivity index (χ2n) is 5.39. The number of thiazole rings is 1. The van der Waals surface area contributed by atoms with E-state index < -0.39 is 0 Å². The van der Waals surface area contributed by atoms with Gasteiger partial charge in [0.1, 0.15) is 5.75 Å². The van der Waals surface area contributed by atoms with E-state index in [-0.39, 0.29) is 24.4 Å². The molecule has 0 spiro atoms. The van der Waals surface area contributed by atoms with Gasteiger partial charge in [0.15, 0.2) is 5.13 Å². The van der Waals surface area contributed by atoms with Crippen molar-refractivity contribution in [1.29, 1.82) is 0 Å². The van der Waals surface area contributed by atoms with Gasteiger partial charge in [-0.3, -0.25) is 14.9 Å². The highest BCUT2D eigenvalue weighted by Crippen LogP contribution is 2.26. The number of halogens is 1. The Morgan fingerprint density at radius 2 is 2.12 bits per heavy atom. The van der Waals surface area contributed by atoms with Crippen LogP contribution >= 0.6 is 27.3 Å². The zero-order valence-corrected chi connectivity index (χ0v) is 16.6. The van der Waals surface area contributed by atoms with Crippen LogP contribution in [0.2, 0.25) is 0 Å². The lowest BCUT2D eigenvalue weighted by Gasteiger charge is -2.14. The number of anilines is 1. The number of ether oxygens (including phenoxy) is 2. The van der Waals surface area contributed by atoms with Crippen LogP contribution < -0.4 is 10.1 Å². The fourth-order valence-electron chi connectivity index (χ4n) is 2.01. The third-order valence-electron chi connectivity index (χ3n) is 2.95. The molecule has 1 amide bonds. The highest BCUT2D eigenvalue weighted by atomic mass is 79.9. The summed E-state index contributed by atoms with van der Waals surface area (Å²) >= 11 is 4.63. The fraction of sp³-hybridized carbons (Fsp3) is 0.353. The molecule has 0 saturated heterocycles. The first-order chi connectivity index (χ1) is 11.9. The number of carbonyl (C=O) groups excluding carboxylic acids is 2. The van der Waals surface area contributed by atoms with E-state index in [0.717, 1.165) is 4.47 Å². The van der Waals surface area contributed by atoms with Gasteiger partial charge in [-0.2, -0.15) is 0 Å². The van der Waals surface area contributed by atoms with Crippen LogP contribution in [-0.2, 0) is 16.0 Å². The van der Waals surface area contributed by atoms with E-state index in [1.54, 1.807) is 30.5 Å². The van der Waals surface area contributed by atoms with Crippen LogP contribution in [0, 0.1) is 0 Å². The van der Waals surface area contributed by atoms with Gasteiger partial charge >= 0.3 is 5.97 Å². The molecule has 1 N–H and O–H groups in total. The molecule has 1 aromatic carbocycles. The van der Waals surface area contributed by atoms with Crippen molar-refractivity contribution in [3.63, 3.8) is 0 Å². The van der Waals surface area contributed by atoms with Crippen molar-refractivity contribution in [2.45, 2.75) is 33.3 Å². The summed E-state index contributed by atoms with van der Waals surface area (Å²) in [6.45, 7) is 5.87. The average Bonchev–Trinajstić information content (AvgIpc) is 2.93. The van der Waals surface area contributed by atoms with E-state index in [4.69, 9.17) is 9.47 Å². The molecule has 1 heterocycles. The Balaban J connectivity index is 2.10. The Hall–Kier alpha value is -1.93. The van der Waals surface area contributed by atoms with Crippen LogP contribution in [0.3, 0.4) is 0 Å². The first-order valence-electron chi connectivity index (χ1n) is 7.76. The first kappa shape index (κ1) is 19.4. The summed E-state index contributed by atoms with van der Waals surface area (Å²) < 4.78 is 11.4. The smallest absolute Gasteiger partial charge is 0.311 e. The van der Waals surface area contributed by atoms with Gasteiger partial charge in [-0.15, -0.1) is 11.3 Å². The minimum Gasteiger partial charge on any atom is -0.490 e. The Labute approximate surface area is 158 Å². The molecule has 134 valence electrons. The molecule has 2 aromatic rings. The fourth-order valence-corrected chi connectivity index (χ4v) is 3.05. The van der Waals surface area contributed by atoms with E-state index in [9.17, 15) is 9.59 Å². The van der Waals surface area contributed by atoms with Crippen molar-refractivity contribution in [1.82, 2.24) is 4.98 Å². The lowest BCUT2D eigenvalue weighted by Crippen LogP contribution is -2.16. The lowest BCUT2D eigenvalue weighted by molar-refractivity contribution is -0.142. The van der Waals surface area contributed by atoms with Crippen molar-refractivity contribution < 1.29 is 19.1 Å². The third kappa shape index (κ3) is 5.82. The lowest BCUT2D eigenvalue weighted by atomic mass is 10.2. The zero-order valence-electron chi connectivity index (χ0n) is 14.2. The van der Waals surface area contributed by atoms with Crippen LogP contribution in [-0.4, -0.2) is 29.6 Å². The van der Waals surface area contributed by atoms with Gasteiger partial charge in [0.2, 0.25) is 0 Å². The van der Waals surface area contributed by atoms with E-state index >= 15 is 0 Å². The molecule has 0 bridgehead atoms. The molecule has 0 aliphatic carbocycles. The predicted octanol–water partition coefficient (Wildman–Crippen LogP) is 4.05. The largest absolute Gasteiger partial charge is 0.490 e. The molecule has 25 heavy (non-hydrogen) atoms. The number of nitrogens with zero attached hydrogens (tertiary/aromatic N) is 1. The number of carbonyl (C=O) groups is 2. The predicted molar refractivity (Wildman–Crippen MR) is 100 cm³/mol. The van der Waals surface area contributed by atoms with Gasteiger partial charge in [-0.25, -0.2) is 4.98 Å². The Morgan fingerprint density at radius 1 is 1.36 bits per heavy atom. The number of esters is 1. The maximum Gasteiger partial charge on any atom is 0.311 e. The molecule has 0 radical (unpaired) electrons. The van der Waals surface area contributed by atoms with Crippen LogP contribution in [0.25, 0.3) is 0 Å². The van der Waals surface area contributed by atoms with Crippen LogP contribution in [0.5, 0.6) is 5.75 Å². The number of nitrogens with one attached hydrogen (secondary N) is 1. The molecule has 0 unspecified atom stereocenters. The highest BCUT2D eigenvalue weighted by molar-refractivity contribution is 9.10. The molecule has 2 rings (SSSR count). The van der Waals surface area contributed by atoms with Crippen LogP contribution in [0.1, 0.15) is 36.8 Å². The quantitative estimate of drug-likeness (QED) is 0.675. The maximum absolute atomic E-state index is 12.5. The minimum absolute atomic E-state index is 0.0584. The normalized spacial score (nSPS) is 10.6. The summed E-state index contributed by atoms with van der Waals surface area (Å²) in [6.07, 6.45) is 0.0251. The van der Waals surface area contributed by atoms with Crippen molar-refractivity contribution >= 4 is 44.3 Å².